The number of nitrogens with zero attached hydrogens (tertiary/aromatic N) is 1. The Morgan fingerprint density at radius 3 is 2.53 bits per heavy atom. The van der Waals surface area contributed by atoms with E-state index in [1.807, 2.05) is 25.2 Å². The number of carboxylic acid groups (broad SMARTS) is 1. The van der Waals surface area contributed by atoms with E-state index in [0.29, 0.717) is 12.6 Å². The van der Waals surface area contributed by atoms with Gasteiger partial charge in [0, 0.05) is 12.6 Å². The summed E-state index contributed by atoms with van der Waals surface area (Å²) in [4.78, 5) is 12.7. The summed E-state index contributed by atoms with van der Waals surface area (Å²) in [5.41, 5.74) is 1.27. The molecule has 0 aromatic heterocycles. The second-order valence-electron chi connectivity index (χ2n) is 4.34. The van der Waals surface area contributed by atoms with Crippen LogP contribution in [-0.2, 0) is 4.79 Å². The molecule has 0 saturated heterocycles. The number of benzene rings is 1. The molecule has 0 saturated carbocycles. The minimum absolute atomic E-state index is 0.198. The highest BCUT2D eigenvalue weighted by molar-refractivity contribution is 5.66. The van der Waals surface area contributed by atoms with E-state index in [0.717, 1.165) is 12.8 Å². The summed E-state index contributed by atoms with van der Waals surface area (Å²) < 4.78 is 0. The standard InChI is InChI=1S/C14H21NO2/c1-3-7-13(12-8-5-4-6-9-12)15(2)11-10-14(16)17/h4-6,8-9,13H,3,7,10-11H2,1-2H3,(H,16,17). The molecule has 1 rings (SSSR count). The summed E-state index contributed by atoms with van der Waals surface area (Å²) in [7, 11) is 2.00. The molecule has 1 aromatic rings. The first-order valence-corrected chi connectivity index (χ1v) is 6.12. The van der Waals surface area contributed by atoms with E-state index in [1.54, 1.807) is 0 Å². The van der Waals surface area contributed by atoms with Crippen LogP contribution >= 0.6 is 0 Å². The zero-order valence-corrected chi connectivity index (χ0v) is 10.6. The van der Waals surface area contributed by atoms with Crippen molar-refractivity contribution in [2.75, 3.05) is 13.6 Å². The van der Waals surface area contributed by atoms with Gasteiger partial charge >= 0.3 is 5.97 Å². The molecule has 0 heterocycles. The van der Waals surface area contributed by atoms with Gasteiger partial charge in [0.2, 0.25) is 0 Å². The maximum atomic E-state index is 10.6. The van der Waals surface area contributed by atoms with Crippen LogP contribution in [0, 0.1) is 0 Å². The van der Waals surface area contributed by atoms with Crippen LogP contribution in [0.1, 0.15) is 37.8 Å². The molecule has 0 amide bonds. The van der Waals surface area contributed by atoms with Crippen LogP contribution < -0.4 is 0 Å². The third kappa shape index (κ3) is 4.57. The van der Waals surface area contributed by atoms with Crippen LogP contribution in [0.4, 0.5) is 0 Å². The van der Waals surface area contributed by atoms with Crippen molar-refractivity contribution in [1.82, 2.24) is 4.90 Å². The average Bonchev–Trinajstić information content (AvgIpc) is 2.34. The molecule has 0 aliphatic heterocycles. The quantitative estimate of drug-likeness (QED) is 0.790. The monoisotopic (exact) mass is 235 g/mol. The Hall–Kier alpha value is -1.35. The van der Waals surface area contributed by atoms with Crippen molar-refractivity contribution >= 4 is 5.97 Å². The molecule has 0 aliphatic carbocycles. The molecule has 3 heteroatoms. The Labute approximate surface area is 103 Å². The largest absolute Gasteiger partial charge is 0.481 e. The Morgan fingerprint density at radius 2 is 2.00 bits per heavy atom. The SMILES string of the molecule is CCCC(c1ccccc1)N(C)CCC(=O)O. The van der Waals surface area contributed by atoms with E-state index in [1.165, 1.54) is 5.56 Å². The molecular weight excluding hydrogens is 214 g/mol. The predicted molar refractivity (Wildman–Crippen MR) is 69.0 cm³/mol. The highest BCUT2D eigenvalue weighted by Crippen LogP contribution is 2.24. The first-order valence-electron chi connectivity index (χ1n) is 6.12. The maximum Gasteiger partial charge on any atom is 0.304 e. The van der Waals surface area contributed by atoms with Crippen molar-refractivity contribution < 1.29 is 9.90 Å². The Balaban J connectivity index is 2.68. The van der Waals surface area contributed by atoms with Gasteiger partial charge in [0.25, 0.3) is 0 Å². The van der Waals surface area contributed by atoms with E-state index < -0.39 is 5.97 Å². The minimum Gasteiger partial charge on any atom is -0.481 e. The first kappa shape index (κ1) is 13.7. The van der Waals surface area contributed by atoms with E-state index in [-0.39, 0.29) is 6.42 Å². The van der Waals surface area contributed by atoms with Crippen molar-refractivity contribution in [3.8, 4) is 0 Å². The summed E-state index contributed by atoms with van der Waals surface area (Å²) >= 11 is 0. The Morgan fingerprint density at radius 1 is 1.35 bits per heavy atom. The van der Waals surface area contributed by atoms with Crippen LogP contribution in [0.3, 0.4) is 0 Å². The topological polar surface area (TPSA) is 40.5 Å². The zero-order chi connectivity index (χ0) is 12.7. The zero-order valence-electron chi connectivity index (χ0n) is 10.6. The van der Waals surface area contributed by atoms with Gasteiger partial charge in [0.05, 0.1) is 6.42 Å². The lowest BCUT2D eigenvalue weighted by molar-refractivity contribution is -0.137. The van der Waals surface area contributed by atoms with Crippen molar-refractivity contribution in [2.45, 2.75) is 32.2 Å². The van der Waals surface area contributed by atoms with E-state index >= 15 is 0 Å². The fourth-order valence-corrected chi connectivity index (χ4v) is 2.02. The predicted octanol–water partition coefficient (Wildman–Crippen LogP) is 2.93. The molecule has 1 atom stereocenters. The van der Waals surface area contributed by atoms with Gasteiger partial charge in [0.15, 0.2) is 0 Å². The summed E-state index contributed by atoms with van der Waals surface area (Å²) in [6.07, 6.45) is 2.35. The smallest absolute Gasteiger partial charge is 0.304 e. The van der Waals surface area contributed by atoms with Crippen molar-refractivity contribution in [2.24, 2.45) is 0 Å². The second kappa shape index (κ2) is 7.07. The summed E-state index contributed by atoms with van der Waals surface area (Å²) in [6, 6.07) is 10.6. The lowest BCUT2D eigenvalue weighted by Crippen LogP contribution is -2.27. The number of hydrogen-bond acceptors (Lipinski definition) is 2. The fraction of sp³-hybridized carbons (Fsp3) is 0.500. The number of carboxylic acids is 1. The van der Waals surface area contributed by atoms with E-state index in [2.05, 4.69) is 24.0 Å². The van der Waals surface area contributed by atoms with Crippen LogP contribution in [0.25, 0.3) is 0 Å². The first-order chi connectivity index (χ1) is 8.15. The molecule has 1 aromatic carbocycles. The van der Waals surface area contributed by atoms with Crippen molar-refractivity contribution in [3.63, 3.8) is 0 Å². The van der Waals surface area contributed by atoms with Gasteiger partial charge in [-0.3, -0.25) is 9.69 Å². The molecule has 94 valence electrons. The molecule has 3 nitrogen and oxygen atoms in total. The van der Waals surface area contributed by atoms with Crippen LogP contribution in [0.5, 0.6) is 0 Å². The average molecular weight is 235 g/mol. The van der Waals surface area contributed by atoms with Crippen LogP contribution in [-0.4, -0.2) is 29.6 Å². The van der Waals surface area contributed by atoms with Crippen molar-refractivity contribution in [3.05, 3.63) is 35.9 Å². The maximum absolute atomic E-state index is 10.6. The van der Waals surface area contributed by atoms with E-state index in [9.17, 15) is 4.79 Å². The Kier molecular flexibility index (Phi) is 5.70. The molecule has 0 radical (unpaired) electrons. The van der Waals surface area contributed by atoms with E-state index in [4.69, 9.17) is 5.11 Å². The number of carbonyl (C=O) groups is 1. The number of rotatable bonds is 7. The van der Waals surface area contributed by atoms with Crippen LogP contribution in [0.15, 0.2) is 30.3 Å². The Bertz CT molecular complexity index is 337. The number of aliphatic carboxylic acids is 1. The van der Waals surface area contributed by atoms with Gasteiger partial charge in [-0.2, -0.15) is 0 Å². The van der Waals surface area contributed by atoms with Gasteiger partial charge in [-0.15, -0.1) is 0 Å². The van der Waals surface area contributed by atoms with Gasteiger partial charge < -0.3 is 5.11 Å². The molecule has 1 N–H and O–H groups in total. The molecule has 0 fully saturated rings. The fourth-order valence-electron chi connectivity index (χ4n) is 2.02. The van der Waals surface area contributed by atoms with Gasteiger partial charge in [0.1, 0.15) is 0 Å². The van der Waals surface area contributed by atoms with Crippen LogP contribution in [0.2, 0.25) is 0 Å². The normalized spacial score (nSPS) is 12.6. The summed E-state index contributed by atoms with van der Waals surface area (Å²) in [5.74, 6) is -0.736. The second-order valence-corrected chi connectivity index (χ2v) is 4.34. The minimum atomic E-state index is -0.736. The molecule has 0 bridgehead atoms. The third-order valence-corrected chi connectivity index (χ3v) is 2.96. The third-order valence-electron chi connectivity index (χ3n) is 2.96. The summed E-state index contributed by atoms with van der Waals surface area (Å²) in [5, 5.41) is 8.72. The van der Waals surface area contributed by atoms with Gasteiger partial charge in [-0.1, -0.05) is 43.7 Å². The molecule has 0 spiro atoms. The van der Waals surface area contributed by atoms with Gasteiger partial charge in [-0.25, -0.2) is 0 Å². The molecule has 17 heavy (non-hydrogen) atoms. The summed E-state index contributed by atoms with van der Waals surface area (Å²) in [6.45, 7) is 2.75. The highest BCUT2D eigenvalue weighted by atomic mass is 16.4. The lowest BCUT2D eigenvalue weighted by atomic mass is 10.0. The van der Waals surface area contributed by atoms with Gasteiger partial charge in [-0.05, 0) is 19.0 Å². The molecule has 0 aliphatic rings. The van der Waals surface area contributed by atoms with Crippen molar-refractivity contribution in [1.29, 1.82) is 0 Å². The number of hydrogen-bond donors (Lipinski definition) is 1. The highest BCUT2D eigenvalue weighted by Gasteiger charge is 2.16. The lowest BCUT2D eigenvalue weighted by Gasteiger charge is -2.27. The molecule has 1 unspecified atom stereocenters. The molecular formula is C14H21NO2.